The van der Waals surface area contributed by atoms with Gasteiger partial charge in [0.25, 0.3) is 5.69 Å². The molecule has 0 saturated heterocycles. The summed E-state index contributed by atoms with van der Waals surface area (Å²) in [4.78, 5) is 11.2. The Morgan fingerprint density at radius 1 is 0.773 bits per heavy atom. The molecular formula is C18H10N2O2. The summed E-state index contributed by atoms with van der Waals surface area (Å²) in [5.41, 5.74) is 3.21. The summed E-state index contributed by atoms with van der Waals surface area (Å²) < 4.78 is 2.14. The van der Waals surface area contributed by atoms with Crippen molar-refractivity contribution in [2.24, 2.45) is 0 Å². The maximum absolute atomic E-state index is 11.5. The van der Waals surface area contributed by atoms with Gasteiger partial charge in [0, 0.05) is 22.2 Å². The van der Waals surface area contributed by atoms with Crippen molar-refractivity contribution in [1.82, 2.24) is 4.40 Å². The number of benzene rings is 3. The molecule has 104 valence electrons. The van der Waals surface area contributed by atoms with E-state index in [0.717, 1.165) is 38.1 Å². The van der Waals surface area contributed by atoms with E-state index in [1.807, 2.05) is 42.5 Å². The number of hydrogen-bond acceptors (Lipinski definition) is 2. The molecule has 4 nitrogen and oxygen atoms in total. The number of nitro groups is 1. The van der Waals surface area contributed by atoms with Crippen LogP contribution in [0, 0.1) is 10.1 Å². The SMILES string of the molecule is O=[N+]([O-])c1ccc2c3ccccc3n3c4ccccc4c1c23. The first-order valence-corrected chi connectivity index (χ1v) is 7.07. The third-order valence-electron chi connectivity index (χ3n) is 4.43. The number of non-ortho nitro benzene ring substituents is 1. The Kier molecular flexibility index (Phi) is 1.96. The first-order chi connectivity index (χ1) is 10.8. The van der Waals surface area contributed by atoms with Gasteiger partial charge in [0.15, 0.2) is 0 Å². The van der Waals surface area contributed by atoms with Crippen LogP contribution in [-0.4, -0.2) is 9.32 Å². The number of fused-ring (bicyclic) bond motifs is 6. The predicted octanol–water partition coefficient (Wildman–Crippen LogP) is 4.74. The molecule has 0 aliphatic rings. The average Bonchev–Trinajstić information content (AvgIpc) is 3.06. The highest BCUT2D eigenvalue weighted by atomic mass is 16.6. The second kappa shape index (κ2) is 3.74. The molecule has 0 fully saturated rings. The smallest absolute Gasteiger partial charge is 0.279 e. The first-order valence-electron chi connectivity index (χ1n) is 7.07. The average molecular weight is 286 g/mol. The summed E-state index contributed by atoms with van der Waals surface area (Å²) in [5.74, 6) is 0. The van der Waals surface area contributed by atoms with Crippen molar-refractivity contribution in [2.45, 2.75) is 0 Å². The van der Waals surface area contributed by atoms with Gasteiger partial charge in [-0.1, -0.05) is 36.4 Å². The number of nitrogens with zero attached hydrogens (tertiary/aromatic N) is 2. The zero-order valence-corrected chi connectivity index (χ0v) is 11.5. The van der Waals surface area contributed by atoms with Crippen LogP contribution >= 0.6 is 0 Å². The number of hydrogen-bond donors (Lipinski definition) is 0. The Hall–Kier alpha value is -3.14. The fourth-order valence-corrected chi connectivity index (χ4v) is 3.59. The normalized spacial score (nSPS) is 12.0. The lowest BCUT2D eigenvalue weighted by molar-refractivity contribution is -0.383. The molecule has 5 rings (SSSR count). The summed E-state index contributed by atoms with van der Waals surface area (Å²) in [6, 6.07) is 19.5. The fourth-order valence-electron chi connectivity index (χ4n) is 3.59. The molecule has 5 aromatic rings. The summed E-state index contributed by atoms with van der Waals surface area (Å²) in [7, 11) is 0. The fraction of sp³-hybridized carbons (Fsp3) is 0. The van der Waals surface area contributed by atoms with Crippen molar-refractivity contribution < 1.29 is 4.92 Å². The lowest BCUT2D eigenvalue weighted by Crippen LogP contribution is -1.88. The van der Waals surface area contributed by atoms with Gasteiger partial charge in [0.05, 0.1) is 26.9 Å². The lowest BCUT2D eigenvalue weighted by atomic mass is 10.1. The molecule has 0 aliphatic heterocycles. The Morgan fingerprint density at radius 3 is 2.14 bits per heavy atom. The molecule has 2 aromatic heterocycles. The first kappa shape index (κ1) is 11.5. The summed E-state index contributed by atoms with van der Waals surface area (Å²) in [6.45, 7) is 0. The minimum atomic E-state index is -0.293. The number of para-hydroxylation sites is 2. The van der Waals surface area contributed by atoms with Gasteiger partial charge in [-0.3, -0.25) is 10.1 Å². The van der Waals surface area contributed by atoms with Crippen LogP contribution in [-0.2, 0) is 0 Å². The van der Waals surface area contributed by atoms with Crippen LogP contribution in [0.1, 0.15) is 0 Å². The Bertz CT molecular complexity index is 1200. The van der Waals surface area contributed by atoms with Crippen molar-refractivity contribution in [2.75, 3.05) is 0 Å². The third-order valence-corrected chi connectivity index (χ3v) is 4.43. The second-order valence-corrected chi connectivity index (χ2v) is 5.48. The monoisotopic (exact) mass is 286 g/mol. The van der Waals surface area contributed by atoms with Crippen molar-refractivity contribution in [3.8, 4) is 0 Å². The van der Waals surface area contributed by atoms with E-state index in [4.69, 9.17) is 0 Å². The Balaban J connectivity index is 2.25. The van der Waals surface area contributed by atoms with E-state index in [9.17, 15) is 10.1 Å². The molecule has 2 heterocycles. The quantitative estimate of drug-likeness (QED) is 0.330. The number of aromatic nitrogens is 1. The maximum Gasteiger partial charge on any atom is 0.279 e. The molecule has 0 N–H and O–H groups in total. The second-order valence-electron chi connectivity index (χ2n) is 5.48. The van der Waals surface area contributed by atoms with Gasteiger partial charge in [-0.15, -0.1) is 0 Å². The molecule has 0 spiro atoms. The van der Waals surface area contributed by atoms with Gasteiger partial charge in [-0.2, -0.15) is 0 Å². The van der Waals surface area contributed by atoms with Crippen molar-refractivity contribution in [1.29, 1.82) is 0 Å². The van der Waals surface area contributed by atoms with E-state index in [-0.39, 0.29) is 10.6 Å². The van der Waals surface area contributed by atoms with Crippen LogP contribution in [0.25, 0.3) is 38.1 Å². The van der Waals surface area contributed by atoms with Gasteiger partial charge in [0.2, 0.25) is 0 Å². The molecule has 3 aromatic carbocycles. The molecule has 0 atom stereocenters. The molecule has 0 aliphatic carbocycles. The molecule has 0 amide bonds. The highest BCUT2D eigenvalue weighted by molar-refractivity contribution is 6.25. The highest BCUT2D eigenvalue weighted by Gasteiger charge is 2.23. The maximum atomic E-state index is 11.5. The zero-order chi connectivity index (χ0) is 14.8. The van der Waals surface area contributed by atoms with Crippen molar-refractivity contribution in [3.05, 3.63) is 70.8 Å². The van der Waals surface area contributed by atoms with Crippen LogP contribution in [0.5, 0.6) is 0 Å². The molecule has 0 radical (unpaired) electrons. The van der Waals surface area contributed by atoms with E-state index >= 15 is 0 Å². The van der Waals surface area contributed by atoms with Gasteiger partial charge in [0.1, 0.15) is 0 Å². The molecule has 0 saturated carbocycles. The van der Waals surface area contributed by atoms with Gasteiger partial charge < -0.3 is 4.40 Å². The van der Waals surface area contributed by atoms with Gasteiger partial charge in [-0.05, 0) is 18.2 Å². The largest absolute Gasteiger partial charge is 0.308 e. The van der Waals surface area contributed by atoms with Crippen LogP contribution in [0.15, 0.2) is 60.7 Å². The Labute approximate surface area is 124 Å². The molecular weight excluding hydrogens is 276 g/mol. The topological polar surface area (TPSA) is 47.5 Å². The van der Waals surface area contributed by atoms with Crippen LogP contribution in [0.4, 0.5) is 5.69 Å². The number of rotatable bonds is 1. The van der Waals surface area contributed by atoms with Gasteiger partial charge >= 0.3 is 0 Å². The van der Waals surface area contributed by atoms with Crippen LogP contribution in [0.3, 0.4) is 0 Å². The van der Waals surface area contributed by atoms with Crippen LogP contribution in [0.2, 0.25) is 0 Å². The molecule has 0 unspecified atom stereocenters. The summed E-state index contributed by atoms with van der Waals surface area (Å²) in [5, 5.41) is 15.3. The van der Waals surface area contributed by atoms with E-state index in [0.29, 0.717) is 0 Å². The van der Waals surface area contributed by atoms with Crippen molar-refractivity contribution in [3.63, 3.8) is 0 Å². The standard InChI is InChI=1S/C18H10N2O2/c21-20(22)16-10-9-12-11-5-1-3-7-14(11)19-15-8-4-2-6-13(15)17(16)18(12)19/h1-10H. The molecule has 22 heavy (non-hydrogen) atoms. The van der Waals surface area contributed by atoms with Crippen molar-refractivity contribution >= 4 is 43.8 Å². The van der Waals surface area contributed by atoms with E-state index in [1.165, 1.54) is 0 Å². The predicted molar refractivity (Wildman–Crippen MR) is 87.8 cm³/mol. The summed E-state index contributed by atoms with van der Waals surface area (Å²) in [6.07, 6.45) is 0. The van der Waals surface area contributed by atoms with Gasteiger partial charge in [-0.25, -0.2) is 0 Å². The summed E-state index contributed by atoms with van der Waals surface area (Å²) >= 11 is 0. The minimum Gasteiger partial charge on any atom is -0.308 e. The molecule has 0 bridgehead atoms. The van der Waals surface area contributed by atoms with E-state index < -0.39 is 0 Å². The minimum absolute atomic E-state index is 0.168. The van der Waals surface area contributed by atoms with Crippen LogP contribution < -0.4 is 0 Å². The Morgan fingerprint density at radius 2 is 1.41 bits per heavy atom. The lowest BCUT2D eigenvalue weighted by Gasteiger charge is -1.97. The number of nitro benzene ring substituents is 1. The molecule has 4 heteroatoms. The van der Waals surface area contributed by atoms with E-state index in [2.05, 4.69) is 16.5 Å². The zero-order valence-electron chi connectivity index (χ0n) is 11.5. The highest BCUT2D eigenvalue weighted by Crippen LogP contribution is 2.42. The van der Waals surface area contributed by atoms with E-state index in [1.54, 1.807) is 6.07 Å². The third kappa shape index (κ3) is 1.18.